The maximum atomic E-state index is 15.3. The summed E-state index contributed by atoms with van der Waals surface area (Å²) in [5.41, 5.74) is -0.118. The van der Waals surface area contributed by atoms with Crippen molar-refractivity contribution in [1.82, 2.24) is 62.4 Å². The number of amides is 12. The number of hydrazine groups is 1. The quantitative estimate of drug-likeness (QED) is 0.112. The Labute approximate surface area is 739 Å². The molecule has 5 aliphatic rings. The molecule has 1 aromatic heterocycles. The van der Waals surface area contributed by atoms with Crippen molar-refractivity contribution in [2.75, 3.05) is 82.4 Å². The first-order valence-corrected chi connectivity index (χ1v) is 45.1. The van der Waals surface area contributed by atoms with Crippen LogP contribution in [0.15, 0.2) is 17.2 Å². The Hall–Kier alpha value is -10.4. The number of aromatic amines is 1. The molecular formula is C82H115N13O28S3. The number of aliphatic hydroxyl groups is 1. The number of nitrogens with one attached hydrogen (secondary N) is 10. The molecule has 694 valence electrons. The van der Waals surface area contributed by atoms with E-state index in [4.69, 9.17) is 18.9 Å². The normalized spacial score (nSPS) is 27.4. The van der Waals surface area contributed by atoms with E-state index >= 15 is 14.4 Å². The smallest absolute Gasteiger partial charge is 0.314 e. The van der Waals surface area contributed by atoms with E-state index in [0.29, 0.717) is 6.42 Å². The number of hydrogen-bond donors (Lipinski definition) is 13. The largest absolute Gasteiger partial charge is 0.481 e. The molecule has 0 spiro atoms. The van der Waals surface area contributed by atoms with Crippen LogP contribution < -0.4 is 52.6 Å². The fourth-order valence-corrected chi connectivity index (χ4v) is 18.2. The molecule has 41 nitrogen and oxygen atoms in total. The van der Waals surface area contributed by atoms with Gasteiger partial charge in [0.1, 0.15) is 35.7 Å². The highest BCUT2D eigenvalue weighted by Gasteiger charge is 2.46. The summed E-state index contributed by atoms with van der Waals surface area (Å²) in [4.78, 5) is 298. The molecule has 0 radical (unpaired) electrons. The minimum absolute atomic E-state index is 0.0466. The van der Waals surface area contributed by atoms with Crippen LogP contribution in [0.2, 0.25) is 0 Å². The van der Waals surface area contributed by atoms with Crippen LogP contribution in [0.4, 0.5) is 5.69 Å². The fraction of sp³-hybridized carbons (Fsp3) is 0.646. The van der Waals surface area contributed by atoms with Crippen LogP contribution in [0.25, 0.3) is 10.9 Å². The minimum atomic E-state index is -1.86. The fourth-order valence-electron chi connectivity index (χ4n) is 14.4. The molecule has 12 amide bonds. The molecule has 5 aliphatic heterocycles. The number of nitrogens with zero attached hydrogens (tertiary/aromatic N) is 3. The molecule has 7 rings (SSSR count). The van der Waals surface area contributed by atoms with Gasteiger partial charge >= 0.3 is 23.9 Å². The third-order valence-corrected chi connectivity index (χ3v) is 25.9. The van der Waals surface area contributed by atoms with Gasteiger partial charge < -0.3 is 92.0 Å². The average molecular weight is 1830 g/mol. The molecule has 6 unspecified atom stereocenters. The van der Waals surface area contributed by atoms with E-state index in [1.165, 1.54) is 39.8 Å². The number of aliphatic carboxylic acids is 2. The number of hydrogen-bond acceptors (Lipinski definition) is 29. The van der Waals surface area contributed by atoms with Gasteiger partial charge in [-0.2, -0.15) is 0 Å². The van der Waals surface area contributed by atoms with Gasteiger partial charge in [-0.05, 0) is 56.6 Å². The number of methoxy groups -OCH3 is 1. The number of carboxylic acids is 2. The molecule has 6 heterocycles. The molecule has 13 N–H and O–H groups in total. The standard InChI is InChI=1S/C82H115N13O28S3/c1-10-41(3)71-60(101)29-47-28-52-51-31-54-61(32-53(51)90-78(52)124-39-56(87-66(104)36-84-77(115)72(42(4)11-2)91-67(105)37-83-74(47)112)75(113)89-55(33-70(110)120-9)79(116)93-38-50(98)30-57(93)76(114)92-71)123-82(119)44(6)27-59(100)46(8)86-65(103)19-25-122-23-13-15-49(97)17-21-95-81(118)63(35-69(108)109)126-40-125-62(34-68(106)107)80(117)94(95)20-16-48(96)14-12-22-121-24-18-64(102)85-45(7)58(99)26-43(5)73(111)88-54/h31-32,41-47,50,55-57,62-63,71-72,90,98H,10-30,33-40H2,1-9H3,(H,83,112)(H,84,115)(H,85,102)(H,86,103)(H,87,104)(H,88,111)(H,89,113)(H,91,105)(H,92,114)(H,106,107)(H,108,109)/t41-,42-,43?,44?,45?,46?,47+,50-,55-,56-,57-,62?,63?,71-,72-/m0/s1. The Morgan fingerprint density at radius 2 is 1.10 bits per heavy atom. The number of carbonyl (C=O) groups excluding carboxylic acids is 19. The lowest BCUT2D eigenvalue weighted by molar-refractivity contribution is -0.165. The molecule has 2 saturated heterocycles. The van der Waals surface area contributed by atoms with Crippen LogP contribution in [-0.2, 0) is 121 Å². The van der Waals surface area contributed by atoms with Crippen molar-refractivity contribution in [3.8, 4) is 5.75 Å². The number of benzene rings is 1. The molecule has 2 fully saturated rings. The Balaban J connectivity index is 1.26. The van der Waals surface area contributed by atoms with Gasteiger partial charge in [0.15, 0.2) is 23.1 Å². The summed E-state index contributed by atoms with van der Waals surface area (Å²) in [6.45, 7) is 8.62. The zero-order valence-corrected chi connectivity index (χ0v) is 74.4. The van der Waals surface area contributed by atoms with Gasteiger partial charge in [0, 0.05) is 131 Å². The van der Waals surface area contributed by atoms with Crippen LogP contribution in [0, 0.1) is 29.6 Å². The number of rotatable bonds is 10. The van der Waals surface area contributed by atoms with Crippen molar-refractivity contribution in [3.05, 3.63) is 17.7 Å². The monoisotopic (exact) mass is 1830 g/mol. The van der Waals surface area contributed by atoms with E-state index in [-0.39, 0.29) is 123 Å². The van der Waals surface area contributed by atoms with Gasteiger partial charge in [-0.3, -0.25) is 111 Å². The lowest BCUT2D eigenvalue weighted by Gasteiger charge is -2.37. The number of aliphatic hydroxyl groups excluding tert-OH is 1. The number of ether oxygens (including phenoxy) is 4. The number of anilines is 1. The van der Waals surface area contributed by atoms with E-state index in [0.717, 1.165) is 57.3 Å². The zero-order chi connectivity index (χ0) is 92.9. The summed E-state index contributed by atoms with van der Waals surface area (Å²) in [6, 6.07) is -7.72. The van der Waals surface area contributed by atoms with Crippen LogP contribution in [0.1, 0.15) is 170 Å². The van der Waals surface area contributed by atoms with Gasteiger partial charge in [0.05, 0.1) is 110 Å². The molecule has 15 atom stereocenters. The predicted molar refractivity (Wildman–Crippen MR) is 452 cm³/mol. The van der Waals surface area contributed by atoms with E-state index in [1.54, 1.807) is 27.7 Å². The number of carbonyl (C=O) groups is 21. The first kappa shape index (κ1) is 103. The maximum Gasteiger partial charge on any atom is 0.314 e. The first-order chi connectivity index (χ1) is 59.7. The van der Waals surface area contributed by atoms with Crippen molar-refractivity contribution in [2.45, 2.75) is 235 Å². The molecular weight excluding hydrogens is 1710 g/mol. The van der Waals surface area contributed by atoms with Crippen molar-refractivity contribution in [3.63, 3.8) is 0 Å². The van der Waals surface area contributed by atoms with Gasteiger partial charge in [-0.25, -0.2) is 0 Å². The summed E-state index contributed by atoms with van der Waals surface area (Å²) in [6.07, 6.45) is -7.11. The molecule has 0 aliphatic carbocycles. The highest BCUT2D eigenvalue weighted by molar-refractivity contribution is 8.17. The highest BCUT2D eigenvalue weighted by atomic mass is 32.2. The van der Waals surface area contributed by atoms with Crippen molar-refractivity contribution < 1.29 is 135 Å². The molecule has 0 saturated carbocycles. The van der Waals surface area contributed by atoms with Crippen LogP contribution in [-0.4, -0.2) is 295 Å². The molecule has 2 bridgehead atoms. The van der Waals surface area contributed by atoms with Crippen LogP contribution in [0.5, 0.6) is 5.75 Å². The Morgan fingerprint density at radius 3 is 1.65 bits per heavy atom. The molecule has 2 aromatic rings. The number of fused-ring (bicyclic) bond motifs is 7. The number of Topliss-reactive ketones (excluding diaryl/α,β-unsaturated/α-hetero) is 5. The van der Waals surface area contributed by atoms with E-state index in [9.17, 15) is 102 Å². The number of H-pyrrole nitrogens is 1. The average Bonchev–Trinajstić information content (AvgIpc) is 1.61. The summed E-state index contributed by atoms with van der Waals surface area (Å²) in [5.74, 6) is -24.7. The number of aromatic nitrogens is 1. The second kappa shape index (κ2) is 49.6. The molecule has 1 aromatic carbocycles. The zero-order valence-electron chi connectivity index (χ0n) is 71.9. The Bertz CT molecular complexity index is 4410. The Morgan fingerprint density at radius 1 is 0.563 bits per heavy atom. The van der Waals surface area contributed by atoms with E-state index in [2.05, 4.69) is 52.8 Å². The molecule has 126 heavy (non-hydrogen) atoms. The van der Waals surface area contributed by atoms with E-state index < -0.39 is 301 Å². The van der Waals surface area contributed by atoms with Crippen LogP contribution >= 0.6 is 35.3 Å². The molecule has 44 heteroatoms. The second-order valence-electron chi connectivity index (χ2n) is 32.0. The van der Waals surface area contributed by atoms with Crippen LogP contribution in [0.3, 0.4) is 0 Å². The summed E-state index contributed by atoms with van der Waals surface area (Å²) < 4.78 is 22.3. The highest BCUT2D eigenvalue weighted by Crippen LogP contribution is 2.40. The summed E-state index contributed by atoms with van der Waals surface area (Å²) in [5, 5.41) is 53.3. The second-order valence-corrected chi connectivity index (χ2v) is 35.8. The van der Waals surface area contributed by atoms with Gasteiger partial charge in [0.2, 0.25) is 59.1 Å². The van der Waals surface area contributed by atoms with E-state index in [1.807, 2.05) is 0 Å². The third kappa shape index (κ3) is 30.7. The maximum absolute atomic E-state index is 15.3. The number of carboxylic acid groups (broad SMARTS) is 2. The lowest BCUT2D eigenvalue weighted by Crippen LogP contribution is -2.59. The topological polar surface area (TPSA) is 590 Å². The van der Waals surface area contributed by atoms with Gasteiger partial charge in [-0.15, -0.1) is 35.3 Å². The SMILES string of the molecule is CC[C@H](C)[C@@H]1NC(=O)[C@@H]2C[C@H](O)CN2C(=O)[C@H](CC(=O)OC)NC(=O)[C@@H]2CSc3[nH]c4cc5c(cc4c3C[C@H](CC1=O)C(=O)NCC(=O)N[C@@H]([C@@H](C)CC)C(=O)NCC(=O)N2)NC(=O)C(C)CC(=O)C(C)NC(=O)CCOCCCC(=O)CCN1C(=O)C(CC(=O)O)SCSC(CC(=O)O)C(=O)N1CCC(=O)CCCOCCC(=O)NC(C)C(=O)CC(C)C(=O)O5. The van der Waals surface area contributed by atoms with Crippen molar-refractivity contribution >= 4 is 176 Å². The number of ketones is 5. The minimum Gasteiger partial charge on any atom is -0.481 e. The summed E-state index contributed by atoms with van der Waals surface area (Å²) in [7, 11) is 1.01. The first-order valence-electron chi connectivity index (χ1n) is 42.0. The predicted octanol–water partition coefficient (Wildman–Crippen LogP) is 0.240. The number of esters is 2. The third-order valence-electron chi connectivity index (χ3n) is 22.2. The van der Waals surface area contributed by atoms with Gasteiger partial charge in [-0.1, -0.05) is 54.4 Å². The number of thioether (sulfide) groups is 3. The Kier molecular flexibility index (Phi) is 40.4. The summed E-state index contributed by atoms with van der Waals surface area (Å²) >= 11 is 2.57. The van der Waals surface area contributed by atoms with Crippen molar-refractivity contribution in [1.29, 1.82) is 0 Å². The van der Waals surface area contributed by atoms with Gasteiger partial charge in [0.25, 0.3) is 11.8 Å². The lowest BCUT2D eigenvalue weighted by atomic mass is 9.86. The van der Waals surface area contributed by atoms with Crippen molar-refractivity contribution in [2.24, 2.45) is 29.6 Å².